The Morgan fingerprint density at radius 3 is 2.90 bits per heavy atom. The Morgan fingerprint density at radius 2 is 2.15 bits per heavy atom. The summed E-state index contributed by atoms with van der Waals surface area (Å²) in [6.07, 6.45) is 1.87. The molecule has 0 atom stereocenters. The van der Waals surface area contributed by atoms with Crippen molar-refractivity contribution in [2.24, 2.45) is 0 Å². The Kier molecular flexibility index (Phi) is 4.74. The quantitative estimate of drug-likeness (QED) is 0.791. The Bertz CT molecular complexity index is 598. The lowest BCUT2D eigenvalue weighted by Crippen LogP contribution is -2.27. The molecule has 0 aliphatic carbocycles. The minimum Gasteiger partial charge on any atom is -0.383 e. The lowest BCUT2D eigenvalue weighted by Gasteiger charge is -2.10. The van der Waals surface area contributed by atoms with E-state index >= 15 is 0 Å². The molecule has 2 rings (SSSR count). The molecular formula is C13H18N2O4S. The smallest absolute Gasteiger partial charge is 0.240 e. The fraction of sp³-hybridized carbons (Fsp3) is 0.462. The molecule has 0 saturated carbocycles. The third-order valence-corrected chi connectivity index (χ3v) is 4.57. The van der Waals surface area contributed by atoms with Crippen LogP contribution in [0.5, 0.6) is 0 Å². The van der Waals surface area contributed by atoms with Gasteiger partial charge in [0.1, 0.15) is 0 Å². The lowest BCUT2D eigenvalue weighted by atomic mass is 10.1. The van der Waals surface area contributed by atoms with Gasteiger partial charge in [-0.2, -0.15) is 0 Å². The zero-order valence-corrected chi connectivity index (χ0v) is 12.1. The first-order valence-corrected chi connectivity index (χ1v) is 7.92. The highest BCUT2D eigenvalue weighted by molar-refractivity contribution is 7.89. The maximum atomic E-state index is 12.1. The van der Waals surface area contributed by atoms with Crippen molar-refractivity contribution in [2.45, 2.75) is 24.2 Å². The van der Waals surface area contributed by atoms with Gasteiger partial charge in [0.2, 0.25) is 15.9 Å². The summed E-state index contributed by atoms with van der Waals surface area (Å²) in [6, 6.07) is 4.76. The van der Waals surface area contributed by atoms with Crippen molar-refractivity contribution < 1.29 is 17.9 Å². The first kappa shape index (κ1) is 15.0. The summed E-state index contributed by atoms with van der Waals surface area (Å²) in [5.74, 6) is -0.0300. The van der Waals surface area contributed by atoms with E-state index in [2.05, 4.69) is 10.0 Å². The zero-order valence-electron chi connectivity index (χ0n) is 11.3. The van der Waals surface area contributed by atoms with Gasteiger partial charge in [-0.1, -0.05) is 0 Å². The highest BCUT2D eigenvalue weighted by Crippen LogP contribution is 2.24. The minimum absolute atomic E-state index is 0.0300. The summed E-state index contributed by atoms with van der Waals surface area (Å²) >= 11 is 0. The molecule has 1 aromatic carbocycles. The molecule has 0 fully saturated rings. The van der Waals surface area contributed by atoms with Crippen molar-refractivity contribution in [3.63, 3.8) is 0 Å². The SMILES string of the molecule is COCCNS(=O)(=O)c1ccc2c(c1)CCCC(=O)N2. The summed E-state index contributed by atoms with van der Waals surface area (Å²) in [6.45, 7) is 0.548. The van der Waals surface area contributed by atoms with E-state index in [0.29, 0.717) is 25.1 Å². The maximum absolute atomic E-state index is 12.1. The fourth-order valence-electron chi connectivity index (χ4n) is 2.08. The van der Waals surface area contributed by atoms with Gasteiger partial charge in [-0.05, 0) is 36.6 Å². The monoisotopic (exact) mass is 298 g/mol. The van der Waals surface area contributed by atoms with Crippen molar-refractivity contribution >= 4 is 21.6 Å². The molecule has 110 valence electrons. The molecule has 2 N–H and O–H groups in total. The van der Waals surface area contributed by atoms with Crippen LogP contribution < -0.4 is 10.0 Å². The molecule has 1 aliphatic rings. The van der Waals surface area contributed by atoms with E-state index in [0.717, 1.165) is 12.0 Å². The molecule has 1 heterocycles. The second-order valence-corrected chi connectivity index (χ2v) is 6.38. The third kappa shape index (κ3) is 3.56. The number of aryl methyl sites for hydroxylation is 1. The average molecular weight is 298 g/mol. The normalized spacial score (nSPS) is 15.3. The second-order valence-electron chi connectivity index (χ2n) is 4.61. The van der Waals surface area contributed by atoms with Gasteiger partial charge in [0.05, 0.1) is 11.5 Å². The van der Waals surface area contributed by atoms with Crippen LogP contribution in [0.15, 0.2) is 23.1 Å². The molecule has 0 spiro atoms. The first-order chi connectivity index (χ1) is 9.53. The van der Waals surface area contributed by atoms with E-state index in [-0.39, 0.29) is 17.3 Å². The first-order valence-electron chi connectivity index (χ1n) is 6.44. The number of rotatable bonds is 5. The van der Waals surface area contributed by atoms with Crippen LogP contribution in [0, 0.1) is 0 Å². The van der Waals surface area contributed by atoms with Gasteiger partial charge in [-0.3, -0.25) is 4.79 Å². The van der Waals surface area contributed by atoms with Gasteiger partial charge in [-0.15, -0.1) is 0 Å². The van der Waals surface area contributed by atoms with E-state index in [1.54, 1.807) is 12.1 Å². The van der Waals surface area contributed by atoms with E-state index in [1.165, 1.54) is 13.2 Å². The number of carbonyl (C=O) groups excluding carboxylic acids is 1. The number of carbonyl (C=O) groups is 1. The number of benzene rings is 1. The molecule has 0 aromatic heterocycles. The van der Waals surface area contributed by atoms with Gasteiger partial charge in [0.15, 0.2) is 0 Å². The molecule has 1 aliphatic heterocycles. The van der Waals surface area contributed by atoms with E-state index in [4.69, 9.17) is 4.74 Å². The van der Waals surface area contributed by atoms with Gasteiger partial charge < -0.3 is 10.1 Å². The predicted molar refractivity (Wildman–Crippen MR) is 75.1 cm³/mol. The Labute approximate surface area is 118 Å². The third-order valence-electron chi connectivity index (χ3n) is 3.11. The van der Waals surface area contributed by atoms with Crippen LogP contribution in [0.1, 0.15) is 18.4 Å². The Morgan fingerprint density at radius 1 is 1.35 bits per heavy atom. The average Bonchev–Trinajstić information content (AvgIpc) is 2.58. The van der Waals surface area contributed by atoms with Crippen molar-refractivity contribution in [3.05, 3.63) is 23.8 Å². The number of amides is 1. The van der Waals surface area contributed by atoms with Crippen molar-refractivity contribution in [2.75, 3.05) is 25.6 Å². The topological polar surface area (TPSA) is 84.5 Å². The van der Waals surface area contributed by atoms with Crippen LogP contribution in [-0.2, 0) is 26.0 Å². The standard InChI is InChI=1S/C13H18N2O4S/c1-19-8-7-14-20(17,18)11-5-6-12-10(9-11)3-2-4-13(16)15-12/h5-6,9,14H,2-4,7-8H2,1H3,(H,15,16). The largest absolute Gasteiger partial charge is 0.383 e. The van der Waals surface area contributed by atoms with Crippen molar-refractivity contribution in [1.82, 2.24) is 4.72 Å². The molecular weight excluding hydrogens is 280 g/mol. The van der Waals surface area contributed by atoms with E-state index in [1.807, 2.05) is 0 Å². The second kappa shape index (κ2) is 6.34. The Hall–Kier alpha value is -1.44. The van der Waals surface area contributed by atoms with Crippen LogP contribution in [0.2, 0.25) is 0 Å². The van der Waals surface area contributed by atoms with Gasteiger partial charge in [-0.25, -0.2) is 13.1 Å². The number of methoxy groups -OCH3 is 1. The molecule has 0 saturated heterocycles. The van der Waals surface area contributed by atoms with Crippen LogP contribution in [0.3, 0.4) is 0 Å². The summed E-state index contributed by atoms with van der Waals surface area (Å²) in [5.41, 5.74) is 1.55. The molecule has 6 nitrogen and oxygen atoms in total. The van der Waals surface area contributed by atoms with Crippen molar-refractivity contribution in [3.8, 4) is 0 Å². The number of fused-ring (bicyclic) bond motifs is 1. The number of anilines is 1. The predicted octanol–water partition coefficient (Wildman–Crippen LogP) is 0.886. The molecule has 20 heavy (non-hydrogen) atoms. The molecule has 0 bridgehead atoms. The lowest BCUT2D eigenvalue weighted by molar-refractivity contribution is -0.116. The van der Waals surface area contributed by atoms with Crippen LogP contribution >= 0.6 is 0 Å². The highest BCUT2D eigenvalue weighted by atomic mass is 32.2. The number of hydrogen-bond acceptors (Lipinski definition) is 4. The summed E-state index contributed by atoms with van der Waals surface area (Å²) in [5, 5.41) is 2.78. The van der Waals surface area contributed by atoms with Crippen LogP contribution in [0.4, 0.5) is 5.69 Å². The summed E-state index contributed by atoms with van der Waals surface area (Å²) in [7, 11) is -2.02. The van der Waals surface area contributed by atoms with Gasteiger partial charge in [0, 0.05) is 25.8 Å². The maximum Gasteiger partial charge on any atom is 0.240 e. The molecule has 0 unspecified atom stereocenters. The fourth-order valence-corrected chi connectivity index (χ4v) is 3.14. The number of ether oxygens (including phenoxy) is 1. The molecule has 0 radical (unpaired) electrons. The molecule has 1 aromatic rings. The summed E-state index contributed by atoms with van der Waals surface area (Å²) in [4.78, 5) is 11.7. The minimum atomic E-state index is -3.53. The van der Waals surface area contributed by atoms with E-state index in [9.17, 15) is 13.2 Å². The zero-order chi connectivity index (χ0) is 14.6. The number of hydrogen-bond donors (Lipinski definition) is 2. The van der Waals surface area contributed by atoms with Gasteiger partial charge >= 0.3 is 0 Å². The number of sulfonamides is 1. The van der Waals surface area contributed by atoms with Crippen LogP contribution in [-0.4, -0.2) is 34.6 Å². The van der Waals surface area contributed by atoms with Crippen LogP contribution in [0.25, 0.3) is 0 Å². The van der Waals surface area contributed by atoms with Crippen molar-refractivity contribution in [1.29, 1.82) is 0 Å². The van der Waals surface area contributed by atoms with E-state index < -0.39 is 10.0 Å². The molecule has 7 heteroatoms. The Balaban J connectivity index is 2.22. The summed E-state index contributed by atoms with van der Waals surface area (Å²) < 4.78 is 31.5. The highest BCUT2D eigenvalue weighted by Gasteiger charge is 2.18. The van der Waals surface area contributed by atoms with Gasteiger partial charge in [0.25, 0.3) is 0 Å². The number of nitrogens with one attached hydrogen (secondary N) is 2. The molecule has 1 amide bonds.